The van der Waals surface area contributed by atoms with Crippen LogP contribution in [0.1, 0.15) is 29.8 Å². The first-order chi connectivity index (χ1) is 18.9. The first-order valence-electron chi connectivity index (χ1n) is 12.2. The molecule has 0 radical (unpaired) electrons. The van der Waals surface area contributed by atoms with E-state index >= 15 is 0 Å². The van der Waals surface area contributed by atoms with Crippen LogP contribution in [0.5, 0.6) is 11.5 Å². The second kappa shape index (κ2) is 11.6. The first kappa shape index (κ1) is 26.9. The maximum Gasteiger partial charge on any atom is 0.278 e. The van der Waals surface area contributed by atoms with Gasteiger partial charge in [0.05, 0.1) is 19.4 Å². The van der Waals surface area contributed by atoms with E-state index in [-0.39, 0.29) is 11.3 Å². The third kappa shape index (κ3) is 5.40. The molecule has 198 valence electrons. The van der Waals surface area contributed by atoms with Gasteiger partial charge in [-0.15, -0.1) is 0 Å². The quantitative estimate of drug-likeness (QED) is 0.0822. The smallest absolute Gasteiger partial charge is 0.278 e. The summed E-state index contributed by atoms with van der Waals surface area (Å²) in [5, 5.41) is 0.490. The van der Waals surface area contributed by atoms with E-state index in [1.807, 2.05) is 72.2 Å². The van der Waals surface area contributed by atoms with Gasteiger partial charge in [0.25, 0.3) is 5.56 Å². The number of Topliss-reactive ketones (excluding diaryl/α,β-unsaturated/α-hetero) is 1. The Bertz CT molecular complexity index is 1770. The van der Waals surface area contributed by atoms with Gasteiger partial charge < -0.3 is 9.47 Å². The van der Waals surface area contributed by atoms with E-state index in [0.717, 1.165) is 11.3 Å². The minimum absolute atomic E-state index is 0.0325. The summed E-state index contributed by atoms with van der Waals surface area (Å²) in [6.07, 6.45) is 0. The molecule has 0 fully saturated rings. The molecule has 0 saturated heterocycles. The topological polar surface area (TPSA) is 75.3 Å². The maximum atomic E-state index is 14.0. The van der Waals surface area contributed by atoms with Crippen molar-refractivity contribution in [3.8, 4) is 22.9 Å². The zero-order chi connectivity index (χ0) is 27.5. The van der Waals surface area contributed by atoms with Crippen molar-refractivity contribution in [1.82, 2.24) is 14.1 Å². The number of ether oxygens (including phenoxy) is 2. The van der Waals surface area contributed by atoms with Gasteiger partial charge in [-0.05, 0) is 80.7 Å². The zero-order valence-corrected chi connectivity index (χ0v) is 24.0. The number of aromatic nitrogens is 3. The van der Waals surface area contributed by atoms with Gasteiger partial charge in [0, 0.05) is 22.6 Å². The van der Waals surface area contributed by atoms with Crippen LogP contribution in [0.4, 0.5) is 0 Å². The lowest BCUT2D eigenvalue weighted by Crippen LogP contribution is -2.21. The predicted octanol–water partition coefficient (Wildman–Crippen LogP) is 6.87. The van der Waals surface area contributed by atoms with E-state index in [9.17, 15) is 9.59 Å². The number of benzene rings is 3. The summed E-state index contributed by atoms with van der Waals surface area (Å²) in [6, 6.07) is 22.4. The number of hydrogen-bond acceptors (Lipinski definition) is 8. The molecule has 2 aromatic heterocycles. The molecule has 0 aliphatic rings. The molecule has 0 aliphatic carbocycles. The Balaban J connectivity index is 1.68. The van der Waals surface area contributed by atoms with Gasteiger partial charge in [0.1, 0.15) is 16.2 Å². The van der Waals surface area contributed by atoms with Crippen molar-refractivity contribution in [3.63, 3.8) is 0 Å². The molecule has 3 aromatic carbocycles. The monoisotopic (exact) mass is 575 g/mol. The molecule has 0 aliphatic heterocycles. The Hall–Kier alpha value is -3.73. The minimum atomic E-state index is -0.207. The number of thiazole rings is 1. The van der Waals surface area contributed by atoms with E-state index in [1.54, 1.807) is 23.8 Å². The van der Waals surface area contributed by atoms with Crippen LogP contribution in [-0.4, -0.2) is 33.6 Å². The molecule has 0 unspecified atom stereocenters. The highest BCUT2D eigenvalue weighted by atomic mass is 32.2. The average Bonchev–Trinajstić information content (AvgIpc) is 3.29. The van der Waals surface area contributed by atoms with E-state index in [0.29, 0.717) is 54.6 Å². The van der Waals surface area contributed by atoms with Gasteiger partial charge >= 0.3 is 0 Å². The van der Waals surface area contributed by atoms with E-state index in [2.05, 4.69) is 0 Å². The largest absolute Gasteiger partial charge is 0.496 e. The summed E-state index contributed by atoms with van der Waals surface area (Å²) in [6.45, 7) is 4.00. The second-order valence-corrected chi connectivity index (χ2v) is 11.1. The normalized spacial score (nSPS) is 11.1. The van der Waals surface area contributed by atoms with Crippen LogP contribution in [0.2, 0.25) is 0 Å². The summed E-state index contributed by atoms with van der Waals surface area (Å²) in [7, 11) is 1.59. The van der Waals surface area contributed by atoms with Crippen molar-refractivity contribution in [2.24, 2.45) is 0 Å². The second-order valence-electron chi connectivity index (χ2n) is 8.53. The summed E-state index contributed by atoms with van der Waals surface area (Å²) in [5.74, 6) is 1.77. The lowest BCUT2D eigenvalue weighted by atomic mass is 10.1. The SMILES string of the molecule is CCOc1ccc(-n2c(SCc3cc(C(C)=O)ccc3OC)nc3c(sc(=S)n3-c3ccccc3)c2=O)cc1. The summed E-state index contributed by atoms with van der Waals surface area (Å²) in [5.41, 5.74) is 3.22. The maximum absolute atomic E-state index is 14.0. The van der Waals surface area contributed by atoms with Gasteiger partial charge in [-0.25, -0.2) is 4.98 Å². The Morgan fingerprint density at radius 3 is 2.41 bits per heavy atom. The molecule has 0 N–H and O–H groups in total. The van der Waals surface area contributed by atoms with Gasteiger partial charge in [0.2, 0.25) is 0 Å². The number of hydrogen-bond donors (Lipinski definition) is 0. The van der Waals surface area contributed by atoms with Crippen molar-refractivity contribution >= 4 is 51.4 Å². The van der Waals surface area contributed by atoms with E-state index in [1.165, 1.54) is 30.0 Å². The number of carbonyl (C=O) groups is 1. The molecule has 39 heavy (non-hydrogen) atoms. The predicted molar refractivity (Wildman–Crippen MR) is 159 cm³/mol. The summed E-state index contributed by atoms with van der Waals surface area (Å²) in [4.78, 5) is 31.0. The number of fused-ring (bicyclic) bond motifs is 1. The molecule has 2 heterocycles. The third-order valence-electron chi connectivity index (χ3n) is 6.04. The highest BCUT2D eigenvalue weighted by Crippen LogP contribution is 2.32. The van der Waals surface area contributed by atoms with Crippen molar-refractivity contribution in [1.29, 1.82) is 0 Å². The fourth-order valence-electron chi connectivity index (χ4n) is 4.18. The molecule has 0 bridgehead atoms. The molecule has 0 atom stereocenters. The van der Waals surface area contributed by atoms with Crippen LogP contribution in [0.25, 0.3) is 21.7 Å². The number of nitrogens with zero attached hydrogens (tertiary/aromatic N) is 3. The lowest BCUT2D eigenvalue weighted by molar-refractivity contribution is 0.101. The number of rotatable bonds is 9. The molecular weight excluding hydrogens is 551 g/mol. The Labute approximate surface area is 238 Å². The van der Waals surface area contributed by atoms with E-state index in [4.69, 9.17) is 26.7 Å². The number of ketones is 1. The Kier molecular flexibility index (Phi) is 7.97. The van der Waals surface area contributed by atoms with Gasteiger partial charge in [0.15, 0.2) is 20.5 Å². The minimum Gasteiger partial charge on any atom is -0.496 e. The number of para-hydroxylation sites is 1. The van der Waals surface area contributed by atoms with Crippen LogP contribution in [-0.2, 0) is 5.75 Å². The molecule has 0 spiro atoms. The fraction of sp³-hybridized carbons (Fsp3) is 0.172. The Morgan fingerprint density at radius 2 is 1.74 bits per heavy atom. The van der Waals surface area contributed by atoms with Crippen LogP contribution in [0.3, 0.4) is 0 Å². The van der Waals surface area contributed by atoms with Crippen molar-refractivity contribution in [3.05, 3.63) is 98.2 Å². The highest BCUT2D eigenvalue weighted by Gasteiger charge is 2.20. The van der Waals surface area contributed by atoms with Gasteiger partial charge in [-0.2, -0.15) is 0 Å². The lowest BCUT2D eigenvalue weighted by Gasteiger charge is -2.15. The molecule has 7 nitrogen and oxygen atoms in total. The first-order valence-corrected chi connectivity index (χ1v) is 14.4. The van der Waals surface area contributed by atoms with Crippen molar-refractivity contribution in [2.75, 3.05) is 13.7 Å². The van der Waals surface area contributed by atoms with Crippen LogP contribution < -0.4 is 15.0 Å². The van der Waals surface area contributed by atoms with Crippen LogP contribution in [0.15, 0.2) is 82.7 Å². The molecule has 0 saturated carbocycles. The fourth-order valence-corrected chi connectivity index (χ4v) is 6.46. The Morgan fingerprint density at radius 1 is 1.03 bits per heavy atom. The number of methoxy groups -OCH3 is 1. The molecule has 10 heteroatoms. The van der Waals surface area contributed by atoms with Gasteiger partial charge in [-0.1, -0.05) is 41.3 Å². The summed E-state index contributed by atoms with van der Waals surface area (Å²) >= 11 is 8.31. The molecule has 5 aromatic rings. The molecule has 0 amide bonds. The molecule has 5 rings (SSSR count). The number of carbonyl (C=O) groups excluding carboxylic acids is 1. The van der Waals surface area contributed by atoms with Gasteiger partial charge in [-0.3, -0.25) is 18.7 Å². The van der Waals surface area contributed by atoms with E-state index < -0.39 is 0 Å². The summed E-state index contributed by atoms with van der Waals surface area (Å²) < 4.78 is 15.6. The highest BCUT2D eigenvalue weighted by molar-refractivity contribution is 7.98. The standard InChI is InChI=1S/C29H25N3O4S3/c1-4-36-23-13-11-22(12-14-23)32-27(34)25-26(31(29(37)39-25)21-8-6-5-7-9-21)30-28(32)38-17-20-16-19(18(2)33)10-15-24(20)35-3/h5-16H,4,17H2,1-3H3. The van der Waals surface area contributed by atoms with Crippen LogP contribution in [0, 0.1) is 3.95 Å². The third-order valence-corrected chi connectivity index (χ3v) is 8.38. The molecular formula is C29H25N3O4S3. The average molecular weight is 576 g/mol. The van der Waals surface area contributed by atoms with Crippen molar-refractivity contribution in [2.45, 2.75) is 24.8 Å². The van der Waals surface area contributed by atoms with Crippen molar-refractivity contribution < 1.29 is 14.3 Å². The van der Waals surface area contributed by atoms with Crippen LogP contribution >= 0.6 is 35.3 Å². The zero-order valence-electron chi connectivity index (χ0n) is 21.5. The number of thioether (sulfide) groups is 1.